The zero-order valence-electron chi connectivity index (χ0n) is 15.3. The molecule has 3 heteroatoms. The van der Waals surface area contributed by atoms with Gasteiger partial charge in [0.05, 0.1) is 13.2 Å². The van der Waals surface area contributed by atoms with Crippen LogP contribution < -0.4 is 0 Å². The third-order valence-electron chi connectivity index (χ3n) is 5.01. The van der Waals surface area contributed by atoms with E-state index in [0.717, 1.165) is 40.8 Å². The van der Waals surface area contributed by atoms with Gasteiger partial charge in [-0.2, -0.15) is 0 Å². The zero-order chi connectivity index (χ0) is 17.9. The van der Waals surface area contributed by atoms with E-state index < -0.39 is 0 Å². The maximum atomic E-state index is 14.7. The number of hydrogen-bond donors (Lipinski definition) is 0. The maximum Gasteiger partial charge on any atom is 0.127 e. The molecule has 2 rings (SSSR count). The summed E-state index contributed by atoms with van der Waals surface area (Å²) in [6.07, 6.45) is 2.65. The summed E-state index contributed by atoms with van der Waals surface area (Å²) < 4.78 is 20.1. The topological polar surface area (TPSA) is 21.6 Å². The fourth-order valence-electron chi connectivity index (χ4n) is 3.30. The highest BCUT2D eigenvalue weighted by molar-refractivity contribution is 6.02. The SMILES string of the molecule is C=C(C)c1cc(F)c(CC(=C)C2(CCC)COC2)cc1C(C)=NC. The van der Waals surface area contributed by atoms with Crippen molar-refractivity contribution in [1.29, 1.82) is 0 Å². The quantitative estimate of drug-likeness (QED) is 0.497. The third kappa shape index (κ3) is 3.51. The van der Waals surface area contributed by atoms with Crippen molar-refractivity contribution in [1.82, 2.24) is 0 Å². The highest BCUT2D eigenvalue weighted by Crippen LogP contribution is 2.41. The van der Waals surface area contributed by atoms with E-state index >= 15 is 0 Å². The smallest absolute Gasteiger partial charge is 0.127 e. The van der Waals surface area contributed by atoms with E-state index in [0.29, 0.717) is 25.2 Å². The number of nitrogens with zero attached hydrogens (tertiary/aromatic N) is 1. The van der Waals surface area contributed by atoms with Crippen molar-refractivity contribution in [2.24, 2.45) is 10.4 Å². The lowest BCUT2D eigenvalue weighted by molar-refractivity contribution is -0.0945. The lowest BCUT2D eigenvalue weighted by Crippen LogP contribution is -2.44. The lowest BCUT2D eigenvalue weighted by atomic mass is 9.73. The molecule has 2 nitrogen and oxygen atoms in total. The van der Waals surface area contributed by atoms with Gasteiger partial charge in [-0.15, -0.1) is 0 Å². The Bertz CT molecular complexity index is 683. The molecular weight excluding hydrogens is 301 g/mol. The average molecular weight is 329 g/mol. The van der Waals surface area contributed by atoms with Crippen molar-refractivity contribution >= 4 is 11.3 Å². The van der Waals surface area contributed by atoms with Gasteiger partial charge in [0, 0.05) is 23.7 Å². The molecule has 0 aromatic heterocycles. The van der Waals surface area contributed by atoms with Gasteiger partial charge >= 0.3 is 0 Å². The van der Waals surface area contributed by atoms with Gasteiger partial charge in [0.2, 0.25) is 0 Å². The van der Waals surface area contributed by atoms with Gasteiger partial charge in [-0.3, -0.25) is 4.99 Å². The van der Waals surface area contributed by atoms with Crippen LogP contribution in [-0.4, -0.2) is 26.0 Å². The van der Waals surface area contributed by atoms with Gasteiger partial charge in [-0.25, -0.2) is 4.39 Å². The fourth-order valence-corrected chi connectivity index (χ4v) is 3.30. The van der Waals surface area contributed by atoms with E-state index in [-0.39, 0.29) is 11.2 Å². The second kappa shape index (κ2) is 7.43. The Kier molecular flexibility index (Phi) is 5.76. The molecule has 0 N–H and O–H groups in total. The molecule has 1 aromatic rings. The van der Waals surface area contributed by atoms with E-state index in [4.69, 9.17) is 4.74 Å². The monoisotopic (exact) mass is 329 g/mol. The van der Waals surface area contributed by atoms with Gasteiger partial charge in [-0.1, -0.05) is 37.6 Å². The summed E-state index contributed by atoms with van der Waals surface area (Å²) in [6.45, 7) is 15.6. The number of rotatable bonds is 7. The molecule has 0 spiro atoms. The van der Waals surface area contributed by atoms with E-state index in [9.17, 15) is 4.39 Å². The van der Waals surface area contributed by atoms with Crippen LogP contribution >= 0.6 is 0 Å². The predicted molar refractivity (Wildman–Crippen MR) is 100 cm³/mol. The number of hydrogen-bond acceptors (Lipinski definition) is 2. The van der Waals surface area contributed by atoms with E-state index in [1.807, 2.05) is 19.9 Å². The van der Waals surface area contributed by atoms with Crippen LogP contribution in [0.4, 0.5) is 4.39 Å². The standard InChI is InChI=1S/C21H28FNO/c1-7-8-21(12-24-13-21)15(4)9-17-10-19(16(5)23-6)18(14(2)3)11-20(17)22/h10-11H,2,4,7-9,12-13H2,1,3,5-6H3. The van der Waals surface area contributed by atoms with Crippen LogP contribution in [0.15, 0.2) is 35.9 Å². The van der Waals surface area contributed by atoms with Crippen molar-refractivity contribution in [3.05, 3.63) is 53.4 Å². The van der Waals surface area contributed by atoms with Crippen molar-refractivity contribution < 1.29 is 9.13 Å². The van der Waals surface area contributed by atoms with Crippen LogP contribution in [0.1, 0.15) is 50.3 Å². The number of ether oxygens (including phenoxy) is 1. The minimum Gasteiger partial charge on any atom is -0.379 e. The molecule has 0 unspecified atom stereocenters. The molecule has 24 heavy (non-hydrogen) atoms. The Morgan fingerprint density at radius 2 is 1.92 bits per heavy atom. The van der Waals surface area contributed by atoms with E-state index in [1.165, 1.54) is 0 Å². The molecule has 1 heterocycles. The van der Waals surface area contributed by atoms with Crippen LogP contribution in [-0.2, 0) is 11.2 Å². The van der Waals surface area contributed by atoms with Crippen LogP contribution in [0.2, 0.25) is 0 Å². The molecule has 0 amide bonds. The fraction of sp³-hybridized carbons (Fsp3) is 0.476. The van der Waals surface area contributed by atoms with Gasteiger partial charge in [0.25, 0.3) is 0 Å². The number of halogens is 1. The van der Waals surface area contributed by atoms with Crippen molar-refractivity contribution in [3.8, 4) is 0 Å². The van der Waals surface area contributed by atoms with Crippen molar-refractivity contribution in [2.75, 3.05) is 20.3 Å². The zero-order valence-corrected chi connectivity index (χ0v) is 15.3. The summed E-state index contributed by atoms with van der Waals surface area (Å²) in [6, 6.07) is 3.49. The third-order valence-corrected chi connectivity index (χ3v) is 5.01. The van der Waals surface area contributed by atoms with Gasteiger partial charge in [0.15, 0.2) is 0 Å². The van der Waals surface area contributed by atoms with Crippen molar-refractivity contribution in [3.63, 3.8) is 0 Å². The normalized spacial score (nSPS) is 16.6. The maximum absolute atomic E-state index is 14.7. The molecule has 0 saturated carbocycles. The van der Waals surface area contributed by atoms with Gasteiger partial charge in [-0.05, 0) is 49.9 Å². The minimum atomic E-state index is -0.200. The minimum absolute atomic E-state index is 0.0161. The molecule has 0 aliphatic carbocycles. The van der Waals surface area contributed by atoms with Crippen LogP contribution in [0.25, 0.3) is 5.57 Å². The molecule has 0 bridgehead atoms. The Morgan fingerprint density at radius 1 is 1.25 bits per heavy atom. The second-order valence-electron chi connectivity index (χ2n) is 6.88. The summed E-state index contributed by atoms with van der Waals surface area (Å²) in [7, 11) is 1.75. The summed E-state index contributed by atoms with van der Waals surface area (Å²) in [5.41, 5.74) is 5.24. The molecule has 1 aromatic carbocycles. The van der Waals surface area contributed by atoms with E-state index in [1.54, 1.807) is 13.1 Å². The Hall–Kier alpha value is -1.74. The molecule has 130 valence electrons. The number of aliphatic imine (C=N–C) groups is 1. The van der Waals surface area contributed by atoms with Gasteiger partial charge in [0.1, 0.15) is 5.82 Å². The number of allylic oxidation sites excluding steroid dienone is 1. The van der Waals surface area contributed by atoms with Crippen LogP contribution in [0, 0.1) is 11.2 Å². The average Bonchev–Trinajstić information content (AvgIpc) is 2.51. The Labute approximate surface area is 145 Å². The van der Waals surface area contributed by atoms with E-state index in [2.05, 4.69) is 25.1 Å². The first kappa shape index (κ1) is 18.6. The first-order chi connectivity index (χ1) is 11.3. The second-order valence-corrected chi connectivity index (χ2v) is 6.88. The molecule has 0 atom stereocenters. The largest absolute Gasteiger partial charge is 0.379 e. The molecule has 1 aliphatic rings. The Morgan fingerprint density at radius 3 is 2.38 bits per heavy atom. The summed E-state index contributed by atoms with van der Waals surface area (Å²) in [5, 5.41) is 0. The molecule has 0 radical (unpaired) electrons. The summed E-state index contributed by atoms with van der Waals surface area (Å²) >= 11 is 0. The van der Waals surface area contributed by atoms with Crippen molar-refractivity contribution in [2.45, 2.75) is 40.0 Å². The number of benzene rings is 1. The highest BCUT2D eigenvalue weighted by atomic mass is 19.1. The highest BCUT2D eigenvalue weighted by Gasteiger charge is 2.40. The molecule has 1 aliphatic heterocycles. The summed E-state index contributed by atoms with van der Waals surface area (Å²) in [4.78, 5) is 4.27. The molecule has 1 saturated heterocycles. The Balaban J connectivity index is 2.37. The first-order valence-corrected chi connectivity index (χ1v) is 8.52. The first-order valence-electron chi connectivity index (χ1n) is 8.52. The van der Waals surface area contributed by atoms with Gasteiger partial charge < -0.3 is 4.74 Å². The molecular formula is C21H28FNO. The summed E-state index contributed by atoms with van der Waals surface area (Å²) in [5.74, 6) is -0.200. The van der Waals surface area contributed by atoms with Crippen LogP contribution in [0.5, 0.6) is 0 Å². The van der Waals surface area contributed by atoms with Crippen LogP contribution in [0.3, 0.4) is 0 Å². The lowest BCUT2D eigenvalue weighted by Gasteiger charge is -2.43. The molecule has 1 fully saturated rings. The predicted octanol–water partition coefficient (Wildman–Crippen LogP) is 5.21.